The first kappa shape index (κ1) is 19.9. The van der Waals surface area contributed by atoms with Gasteiger partial charge in [-0.3, -0.25) is 19.3 Å². The van der Waals surface area contributed by atoms with Gasteiger partial charge in [-0.25, -0.2) is 0 Å². The second-order valence-corrected chi connectivity index (χ2v) is 8.19. The summed E-state index contributed by atoms with van der Waals surface area (Å²) in [7, 11) is 0. The van der Waals surface area contributed by atoms with Gasteiger partial charge in [-0.2, -0.15) is 0 Å². The number of anilines is 1. The zero-order chi connectivity index (χ0) is 19.6. The first-order valence-corrected chi connectivity index (χ1v) is 9.96. The maximum absolute atomic E-state index is 12.5. The number of nitrogens with one attached hydrogen (secondary N) is 1. The Morgan fingerprint density at radius 3 is 2.52 bits per heavy atom. The summed E-state index contributed by atoms with van der Waals surface area (Å²) in [5.74, 6) is -1.01. The lowest BCUT2D eigenvalue weighted by Crippen LogP contribution is -2.36. The summed E-state index contributed by atoms with van der Waals surface area (Å²) < 4.78 is 0.695. The van der Waals surface area contributed by atoms with Gasteiger partial charge in [0.25, 0.3) is 11.1 Å². The molecule has 0 saturated carbocycles. The fourth-order valence-corrected chi connectivity index (χ4v) is 3.66. The summed E-state index contributed by atoms with van der Waals surface area (Å²) in [6, 6.07) is 11.8. The molecule has 2 aromatic rings. The maximum atomic E-state index is 12.5. The van der Waals surface area contributed by atoms with Crippen LogP contribution < -0.4 is 5.32 Å². The van der Waals surface area contributed by atoms with Crippen molar-refractivity contribution in [2.45, 2.75) is 0 Å². The van der Waals surface area contributed by atoms with E-state index in [0.717, 1.165) is 22.2 Å². The fourth-order valence-electron chi connectivity index (χ4n) is 2.26. The maximum Gasteiger partial charge on any atom is 0.294 e. The number of hydrogen-bond acceptors (Lipinski definition) is 4. The molecule has 1 N–H and O–H groups in total. The molecule has 0 radical (unpaired) electrons. The summed E-state index contributed by atoms with van der Waals surface area (Å²) >= 11 is 15.9. The third kappa shape index (κ3) is 4.93. The van der Waals surface area contributed by atoms with Crippen molar-refractivity contribution in [3.8, 4) is 0 Å². The molecule has 0 aliphatic carbocycles. The van der Waals surface area contributed by atoms with Gasteiger partial charge in [0, 0.05) is 15.2 Å². The lowest BCUT2D eigenvalue weighted by atomic mass is 10.2. The van der Waals surface area contributed by atoms with Crippen LogP contribution in [0.2, 0.25) is 10.0 Å². The first-order valence-electron chi connectivity index (χ1n) is 7.59. The van der Waals surface area contributed by atoms with Crippen LogP contribution in [0.1, 0.15) is 5.56 Å². The summed E-state index contributed by atoms with van der Waals surface area (Å²) in [5.41, 5.74) is 1.20. The van der Waals surface area contributed by atoms with Gasteiger partial charge in [-0.1, -0.05) is 35.3 Å². The van der Waals surface area contributed by atoms with E-state index < -0.39 is 17.1 Å². The minimum absolute atomic E-state index is 0.252. The fraction of sp³-hybridized carbons (Fsp3) is 0.0556. The number of carbonyl (C=O) groups is 3. The Bertz CT molecular complexity index is 964. The van der Waals surface area contributed by atoms with Gasteiger partial charge in [-0.05, 0) is 69.7 Å². The molecule has 1 aliphatic rings. The number of amides is 3. The molecule has 0 atom stereocenters. The third-order valence-electron chi connectivity index (χ3n) is 3.55. The van der Waals surface area contributed by atoms with Gasteiger partial charge in [0.05, 0.1) is 9.93 Å². The minimum atomic E-state index is -0.510. The SMILES string of the molecule is O=C(CN1C(=O)S/C(=C/c2ccc(Cl)cc2)C1=O)Nc1ccc(Br)c(Cl)c1. The van der Waals surface area contributed by atoms with Crippen LogP contribution in [-0.4, -0.2) is 28.5 Å². The number of benzene rings is 2. The van der Waals surface area contributed by atoms with Crippen LogP contribution in [0, 0.1) is 0 Å². The van der Waals surface area contributed by atoms with Crippen molar-refractivity contribution in [3.63, 3.8) is 0 Å². The molecular weight excluding hydrogens is 475 g/mol. The molecule has 1 heterocycles. The van der Waals surface area contributed by atoms with Crippen LogP contribution in [0.4, 0.5) is 10.5 Å². The Hall–Kier alpha value is -1.80. The number of carbonyl (C=O) groups excluding carboxylic acids is 3. The summed E-state index contributed by atoms with van der Waals surface area (Å²) in [4.78, 5) is 37.9. The van der Waals surface area contributed by atoms with Crippen molar-refractivity contribution in [3.05, 3.63) is 67.5 Å². The Labute approximate surface area is 177 Å². The second-order valence-electron chi connectivity index (χ2n) is 5.50. The number of imide groups is 1. The standard InChI is InChI=1S/C18H11BrCl2N2O3S/c19-13-6-5-12(8-14(13)21)22-16(24)9-23-17(25)15(27-18(23)26)7-10-1-3-11(20)4-2-10/h1-8H,9H2,(H,22,24)/b15-7+. The minimum Gasteiger partial charge on any atom is -0.324 e. The van der Waals surface area contributed by atoms with E-state index in [2.05, 4.69) is 21.2 Å². The van der Waals surface area contributed by atoms with Gasteiger partial charge in [0.15, 0.2) is 0 Å². The number of thioether (sulfide) groups is 1. The number of rotatable bonds is 4. The van der Waals surface area contributed by atoms with Gasteiger partial charge >= 0.3 is 0 Å². The van der Waals surface area contributed by atoms with E-state index in [0.29, 0.717) is 20.2 Å². The van der Waals surface area contributed by atoms with Crippen molar-refractivity contribution in [1.29, 1.82) is 0 Å². The molecule has 138 valence electrons. The molecule has 0 bridgehead atoms. The van der Waals surface area contributed by atoms with Crippen LogP contribution in [0.25, 0.3) is 6.08 Å². The molecule has 0 spiro atoms. The molecule has 5 nitrogen and oxygen atoms in total. The van der Waals surface area contributed by atoms with Crippen molar-refractivity contribution in [2.75, 3.05) is 11.9 Å². The van der Waals surface area contributed by atoms with Crippen LogP contribution in [0.5, 0.6) is 0 Å². The monoisotopic (exact) mass is 484 g/mol. The topological polar surface area (TPSA) is 66.5 Å². The van der Waals surface area contributed by atoms with Gasteiger partial charge in [-0.15, -0.1) is 0 Å². The highest BCUT2D eigenvalue weighted by molar-refractivity contribution is 9.10. The van der Waals surface area contributed by atoms with E-state index in [1.807, 2.05) is 0 Å². The van der Waals surface area contributed by atoms with E-state index >= 15 is 0 Å². The van der Waals surface area contributed by atoms with E-state index in [9.17, 15) is 14.4 Å². The zero-order valence-electron chi connectivity index (χ0n) is 13.5. The Kier molecular flexibility index (Phi) is 6.26. The third-order valence-corrected chi connectivity index (χ3v) is 5.94. The average molecular weight is 486 g/mol. The molecule has 2 aromatic carbocycles. The number of nitrogens with zero attached hydrogens (tertiary/aromatic N) is 1. The van der Waals surface area contributed by atoms with Crippen molar-refractivity contribution < 1.29 is 14.4 Å². The number of halogens is 3. The largest absolute Gasteiger partial charge is 0.324 e. The summed E-state index contributed by atoms with van der Waals surface area (Å²) in [6.07, 6.45) is 1.59. The molecule has 1 saturated heterocycles. The second kappa shape index (κ2) is 8.48. The highest BCUT2D eigenvalue weighted by atomic mass is 79.9. The predicted octanol–water partition coefficient (Wildman–Crippen LogP) is 5.43. The van der Waals surface area contributed by atoms with E-state index in [1.165, 1.54) is 0 Å². The molecular formula is C18H11BrCl2N2O3S. The van der Waals surface area contributed by atoms with Crippen LogP contribution in [0.3, 0.4) is 0 Å². The molecule has 0 unspecified atom stereocenters. The quantitative estimate of drug-likeness (QED) is 0.586. The number of hydrogen-bond donors (Lipinski definition) is 1. The van der Waals surface area contributed by atoms with Gasteiger partial charge in [0.1, 0.15) is 6.54 Å². The van der Waals surface area contributed by atoms with Gasteiger partial charge in [0.2, 0.25) is 5.91 Å². The normalized spacial score (nSPS) is 15.5. The molecule has 27 heavy (non-hydrogen) atoms. The van der Waals surface area contributed by atoms with Crippen LogP contribution >= 0.6 is 50.9 Å². The van der Waals surface area contributed by atoms with Crippen LogP contribution in [-0.2, 0) is 9.59 Å². The average Bonchev–Trinajstić information content (AvgIpc) is 2.87. The summed E-state index contributed by atoms with van der Waals surface area (Å²) in [6.45, 7) is -0.379. The summed E-state index contributed by atoms with van der Waals surface area (Å²) in [5, 5.41) is 3.13. The highest BCUT2D eigenvalue weighted by Crippen LogP contribution is 2.32. The highest BCUT2D eigenvalue weighted by Gasteiger charge is 2.36. The van der Waals surface area contributed by atoms with Crippen molar-refractivity contribution in [2.24, 2.45) is 0 Å². The lowest BCUT2D eigenvalue weighted by Gasteiger charge is -2.12. The molecule has 9 heteroatoms. The molecule has 0 aromatic heterocycles. The molecule has 1 fully saturated rings. The van der Waals surface area contributed by atoms with E-state index in [4.69, 9.17) is 23.2 Å². The zero-order valence-corrected chi connectivity index (χ0v) is 17.5. The molecule has 3 amide bonds. The Balaban J connectivity index is 1.68. The van der Waals surface area contributed by atoms with Crippen molar-refractivity contribution >= 4 is 79.7 Å². The molecule has 3 rings (SSSR count). The first-order chi connectivity index (χ1) is 12.8. The smallest absolute Gasteiger partial charge is 0.294 e. The van der Waals surface area contributed by atoms with Crippen LogP contribution in [0.15, 0.2) is 51.8 Å². The van der Waals surface area contributed by atoms with Crippen molar-refractivity contribution in [1.82, 2.24) is 4.90 Å². The van der Waals surface area contributed by atoms with E-state index in [-0.39, 0.29) is 11.4 Å². The Morgan fingerprint density at radius 2 is 1.85 bits per heavy atom. The Morgan fingerprint density at radius 1 is 1.15 bits per heavy atom. The van der Waals surface area contributed by atoms with E-state index in [1.54, 1.807) is 48.5 Å². The molecule has 1 aliphatic heterocycles. The van der Waals surface area contributed by atoms with Gasteiger partial charge < -0.3 is 5.32 Å². The predicted molar refractivity (Wildman–Crippen MR) is 112 cm³/mol. The lowest BCUT2D eigenvalue weighted by molar-refractivity contribution is -0.127.